The van der Waals surface area contributed by atoms with Gasteiger partial charge in [-0.3, -0.25) is 14.5 Å². The van der Waals surface area contributed by atoms with Crippen LogP contribution < -0.4 is 0 Å². The maximum absolute atomic E-state index is 13.1. The van der Waals surface area contributed by atoms with Crippen molar-refractivity contribution in [3.63, 3.8) is 0 Å². The zero-order valence-corrected chi connectivity index (χ0v) is 18.2. The van der Waals surface area contributed by atoms with Gasteiger partial charge in [-0.1, -0.05) is 44.2 Å². The molecule has 164 valence electrons. The molecule has 1 N–H and O–H groups in total. The van der Waals surface area contributed by atoms with Crippen molar-refractivity contribution in [2.45, 2.75) is 51.7 Å². The molecule has 31 heavy (non-hydrogen) atoms. The van der Waals surface area contributed by atoms with Crippen LogP contribution in [0.3, 0.4) is 0 Å². The van der Waals surface area contributed by atoms with E-state index in [0.29, 0.717) is 5.76 Å². The Hall–Kier alpha value is -2.86. The van der Waals surface area contributed by atoms with Crippen molar-refractivity contribution in [3.05, 3.63) is 71.4 Å². The Morgan fingerprint density at radius 2 is 1.84 bits per heavy atom. The third kappa shape index (κ3) is 4.44. The molecule has 0 saturated carbocycles. The van der Waals surface area contributed by atoms with Crippen molar-refractivity contribution in [2.24, 2.45) is 5.92 Å². The smallest absolute Gasteiger partial charge is 0.290 e. The maximum atomic E-state index is 13.1. The summed E-state index contributed by atoms with van der Waals surface area (Å²) in [6, 6.07) is 13.2. The lowest BCUT2D eigenvalue weighted by Crippen LogP contribution is -2.47. The topological polar surface area (TPSA) is 74.0 Å². The van der Waals surface area contributed by atoms with Crippen LogP contribution in [0.4, 0.5) is 0 Å². The molecule has 1 amide bonds. The molecule has 2 aliphatic rings. The van der Waals surface area contributed by atoms with Crippen LogP contribution >= 0.6 is 0 Å². The molecule has 0 aliphatic carbocycles. The standard InChI is InChI=1S/C25H30N2O4/c1-17(2)15-20(28)22-23(21-9-6-14-31-21)27(25(30)24(22)29)19-10-12-26(13-11-19)16-18-7-4-3-5-8-18/h3-9,14,17,19,23,29H,10-13,15-16H2,1-2H3. The van der Waals surface area contributed by atoms with E-state index in [4.69, 9.17) is 4.42 Å². The largest absolute Gasteiger partial charge is 0.503 e. The van der Waals surface area contributed by atoms with Crippen LogP contribution in [0.1, 0.15) is 50.5 Å². The monoisotopic (exact) mass is 422 g/mol. The van der Waals surface area contributed by atoms with Crippen LogP contribution in [0.15, 0.2) is 64.5 Å². The molecule has 1 saturated heterocycles. The van der Waals surface area contributed by atoms with E-state index in [-0.39, 0.29) is 29.7 Å². The van der Waals surface area contributed by atoms with Gasteiger partial charge in [-0.2, -0.15) is 0 Å². The van der Waals surface area contributed by atoms with E-state index in [1.54, 1.807) is 23.3 Å². The van der Waals surface area contributed by atoms with Gasteiger partial charge in [-0.15, -0.1) is 0 Å². The van der Waals surface area contributed by atoms with Crippen LogP contribution in [0.2, 0.25) is 0 Å². The van der Waals surface area contributed by atoms with Gasteiger partial charge in [-0.25, -0.2) is 0 Å². The average Bonchev–Trinajstić information content (AvgIpc) is 3.36. The highest BCUT2D eigenvalue weighted by atomic mass is 16.3. The first kappa shape index (κ1) is 21.4. The van der Waals surface area contributed by atoms with Crippen molar-refractivity contribution in [1.82, 2.24) is 9.80 Å². The Labute approximate surface area is 183 Å². The molecule has 6 heteroatoms. The van der Waals surface area contributed by atoms with E-state index in [0.717, 1.165) is 32.5 Å². The molecule has 0 spiro atoms. The lowest BCUT2D eigenvalue weighted by Gasteiger charge is -2.39. The fourth-order valence-corrected chi connectivity index (χ4v) is 4.69. The number of amides is 1. The normalized spacial score (nSPS) is 20.8. The van der Waals surface area contributed by atoms with Gasteiger partial charge in [0.05, 0.1) is 11.8 Å². The predicted molar refractivity (Wildman–Crippen MR) is 117 cm³/mol. The second-order valence-electron chi connectivity index (χ2n) is 8.91. The van der Waals surface area contributed by atoms with Crippen molar-refractivity contribution in [2.75, 3.05) is 13.1 Å². The van der Waals surface area contributed by atoms with Gasteiger partial charge < -0.3 is 14.4 Å². The number of carbonyl (C=O) groups excluding carboxylic acids is 2. The van der Waals surface area contributed by atoms with Gasteiger partial charge in [-0.05, 0) is 36.5 Å². The van der Waals surface area contributed by atoms with Crippen molar-refractivity contribution >= 4 is 11.7 Å². The summed E-state index contributed by atoms with van der Waals surface area (Å²) in [7, 11) is 0. The molecule has 6 nitrogen and oxygen atoms in total. The van der Waals surface area contributed by atoms with Crippen molar-refractivity contribution in [3.8, 4) is 0 Å². The number of hydrogen-bond acceptors (Lipinski definition) is 5. The van der Waals surface area contributed by atoms with Crippen molar-refractivity contribution in [1.29, 1.82) is 0 Å². The number of Topliss-reactive ketones (excluding diaryl/α,β-unsaturated/α-hetero) is 1. The zero-order chi connectivity index (χ0) is 22.0. The molecule has 0 radical (unpaired) electrons. The van der Waals surface area contributed by atoms with Crippen LogP contribution in [0.5, 0.6) is 0 Å². The van der Waals surface area contributed by atoms with Gasteiger partial charge in [0.1, 0.15) is 11.8 Å². The number of furan rings is 1. The number of aliphatic hydroxyl groups excluding tert-OH is 1. The SMILES string of the molecule is CC(C)CC(=O)C1=C(O)C(=O)N(C2CCN(Cc3ccccc3)CC2)C1c1ccco1. The molecular formula is C25H30N2O4. The number of rotatable bonds is 7. The highest BCUT2D eigenvalue weighted by Crippen LogP contribution is 2.41. The summed E-state index contributed by atoms with van der Waals surface area (Å²) in [5.74, 6) is -0.410. The quantitative estimate of drug-likeness (QED) is 0.722. The van der Waals surface area contributed by atoms with E-state index in [2.05, 4.69) is 17.0 Å². The highest BCUT2D eigenvalue weighted by molar-refractivity contribution is 6.09. The minimum atomic E-state index is -0.653. The van der Waals surface area contributed by atoms with Gasteiger partial charge in [0.25, 0.3) is 5.91 Å². The minimum Gasteiger partial charge on any atom is -0.503 e. The molecule has 4 rings (SSSR count). The van der Waals surface area contributed by atoms with Crippen LogP contribution in [-0.4, -0.2) is 45.7 Å². The number of piperidine rings is 1. The number of ketones is 1. The van der Waals surface area contributed by atoms with E-state index >= 15 is 0 Å². The lowest BCUT2D eigenvalue weighted by atomic mass is 9.93. The van der Waals surface area contributed by atoms with E-state index in [1.165, 1.54) is 5.56 Å². The minimum absolute atomic E-state index is 0.0545. The van der Waals surface area contributed by atoms with Crippen LogP contribution in [0, 0.1) is 5.92 Å². The third-order valence-corrected chi connectivity index (χ3v) is 6.15. The lowest BCUT2D eigenvalue weighted by molar-refractivity contribution is -0.133. The summed E-state index contributed by atoms with van der Waals surface area (Å²) < 4.78 is 5.62. The predicted octanol–water partition coefficient (Wildman–Crippen LogP) is 4.25. The molecule has 1 unspecified atom stereocenters. The molecular weight excluding hydrogens is 392 g/mol. The zero-order valence-electron chi connectivity index (χ0n) is 18.2. The number of likely N-dealkylation sites (tertiary alicyclic amines) is 1. The van der Waals surface area contributed by atoms with Gasteiger partial charge in [0.15, 0.2) is 11.5 Å². The molecule has 1 atom stereocenters. The summed E-state index contributed by atoms with van der Waals surface area (Å²) >= 11 is 0. The second kappa shape index (κ2) is 9.10. The number of nitrogens with zero attached hydrogens (tertiary/aromatic N) is 2. The van der Waals surface area contributed by atoms with E-state index in [9.17, 15) is 14.7 Å². The fourth-order valence-electron chi connectivity index (χ4n) is 4.69. The molecule has 2 aromatic rings. The summed E-state index contributed by atoms with van der Waals surface area (Å²) in [5.41, 5.74) is 1.45. The Morgan fingerprint density at radius 1 is 1.13 bits per heavy atom. The Morgan fingerprint density at radius 3 is 2.45 bits per heavy atom. The van der Waals surface area contributed by atoms with E-state index < -0.39 is 17.7 Å². The van der Waals surface area contributed by atoms with Gasteiger partial charge in [0, 0.05) is 32.1 Å². The molecule has 0 bridgehead atoms. The Balaban J connectivity index is 1.52. The van der Waals surface area contributed by atoms with E-state index in [1.807, 2.05) is 32.0 Å². The Bertz CT molecular complexity index is 941. The first-order chi connectivity index (χ1) is 15.0. The number of carbonyl (C=O) groups is 2. The average molecular weight is 423 g/mol. The fraction of sp³-hybridized carbons (Fsp3) is 0.440. The van der Waals surface area contributed by atoms with Crippen LogP contribution in [-0.2, 0) is 16.1 Å². The molecule has 1 aromatic carbocycles. The second-order valence-corrected chi connectivity index (χ2v) is 8.91. The first-order valence-electron chi connectivity index (χ1n) is 11.0. The summed E-state index contributed by atoms with van der Waals surface area (Å²) in [4.78, 5) is 30.1. The third-order valence-electron chi connectivity index (χ3n) is 6.15. The number of hydrogen-bond donors (Lipinski definition) is 1. The summed E-state index contributed by atoms with van der Waals surface area (Å²) in [5, 5.41) is 10.7. The molecule has 2 aliphatic heterocycles. The van der Waals surface area contributed by atoms with Crippen LogP contribution in [0.25, 0.3) is 0 Å². The highest BCUT2D eigenvalue weighted by Gasteiger charge is 2.48. The first-order valence-corrected chi connectivity index (χ1v) is 11.0. The maximum Gasteiger partial charge on any atom is 0.290 e. The van der Waals surface area contributed by atoms with Crippen molar-refractivity contribution < 1.29 is 19.1 Å². The van der Waals surface area contributed by atoms with Gasteiger partial charge >= 0.3 is 0 Å². The molecule has 3 heterocycles. The Kier molecular flexibility index (Phi) is 6.28. The number of aliphatic hydroxyl groups is 1. The summed E-state index contributed by atoms with van der Waals surface area (Å²) in [6.45, 7) is 6.49. The summed E-state index contributed by atoms with van der Waals surface area (Å²) in [6.07, 6.45) is 3.40. The van der Waals surface area contributed by atoms with Gasteiger partial charge in [0.2, 0.25) is 0 Å². The molecule has 1 aromatic heterocycles. The number of benzene rings is 1. The molecule has 1 fully saturated rings.